The van der Waals surface area contributed by atoms with Crippen molar-refractivity contribution in [2.75, 3.05) is 23.4 Å². The van der Waals surface area contributed by atoms with E-state index in [0.717, 1.165) is 29.2 Å². The first-order valence-electron chi connectivity index (χ1n) is 7.84. The van der Waals surface area contributed by atoms with Crippen LogP contribution in [0.2, 0.25) is 0 Å². The van der Waals surface area contributed by atoms with Crippen molar-refractivity contribution in [3.8, 4) is 5.75 Å². The number of para-hydroxylation sites is 1. The Hall–Kier alpha value is -1.94. The molecule has 122 valence electrons. The molecule has 1 N–H and O–H groups in total. The minimum atomic E-state index is 0.0233. The zero-order valence-electron chi connectivity index (χ0n) is 13.7. The average Bonchev–Trinajstić information content (AvgIpc) is 2.57. The van der Waals surface area contributed by atoms with Crippen LogP contribution in [0.5, 0.6) is 5.75 Å². The first-order chi connectivity index (χ1) is 11.2. The summed E-state index contributed by atoms with van der Waals surface area (Å²) in [6, 6.07) is 15.9. The summed E-state index contributed by atoms with van der Waals surface area (Å²) in [5.74, 6) is 2.16. The molecule has 0 bridgehead atoms. The molecule has 4 heteroatoms. The van der Waals surface area contributed by atoms with Crippen LogP contribution in [0, 0.1) is 6.92 Å². The molecule has 0 saturated heterocycles. The highest BCUT2D eigenvalue weighted by molar-refractivity contribution is 7.99. The standard InChI is InChI=1S/C19H23NO2S/c1-3-16-8-10-17(11-9-16)20-19(21)14-23-13-12-22-18-7-5-4-6-15(18)2/h4-11H,3,12-14H2,1-2H3,(H,20,21). The maximum atomic E-state index is 11.9. The van der Waals surface area contributed by atoms with Crippen LogP contribution in [-0.2, 0) is 11.2 Å². The number of aryl methyl sites for hydroxylation is 2. The molecule has 3 nitrogen and oxygen atoms in total. The normalized spacial score (nSPS) is 10.3. The predicted octanol–water partition coefficient (Wildman–Crippen LogP) is 4.31. The van der Waals surface area contributed by atoms with E-state index in [-0.39, 0.29) is 5.91 Å². The quantitative estimate of drug-likeness (QED) is 0.734. The summed E-state index contributed by atoms with van der Waals surface area (Å²) >= 11 is 1.58. The number of hydrogen-bond acceptors (Lipinski definition) is 3. The van der Waals surface area contributed by atoms with Crippen molar-refractivity contribution in [1.82, 2.24) is 0 Å². The molecule has 0 aliphatic carbocycles. The smallest absolute Gasteiger partial charge is 0.234 e. The summed E-state index contributed by atoms with van der Waals surface area (Å²) in [6.07, 6.45) is 1.00. The summed E-state index contributed by atoms with van der Waals surface area (Å²) < 4.78 is 5.71. The Bertz CT molecular complexity index is 626. The number of thioether (sulfide) groups is 1. The number of carbonyl (C=O) groups excluding carboxylic acids is 1. The van der Waals surface area contributed by atoms with Crippen molar-refractivity contribution in [2.24, 2.45) is 0 Å². The van der Waals surface area contributed by atoms with Crippen LogP contribution in [0.4, 0.5) is 5.69 Å². The third-order valence-corrected chi connectivity index (χ3v) is 4.38. The monoisotopic (exact) mass is 329 g/mol. The highest BCUT2D eigenvalue weighted by Gasteiger charge is 2.03. The van der Waals surface area contributed by atoms with Gasteiger partial charge in [-0.1, -0.05) is 37.3 Å². The van der Waals surface area contributed by atoms with Crippen LogP contribution in [0.3, 0.4) is 0 Å². The van der Waals surface area contributed by atoms with Crippen LogP contribution in [-0.4, -0.2) is 24.0 Å². The van der Waals surface area contributed by atoms with E-state index in [9.17, 15) is 4.79 Å². The fraction of sp³-hybridized carbons (Fsp3) is 0.316. The zero-order valence-corrected chi connectivity index (χ0v) is 14.5. The van der Waals surface area contributed by atoms with Gasteiger partial charge in [0.15, 0.2) is 0 Å². The molecule has 0 aliphatic rings. The first kappa shape index (κ1) is 17.4. The number of ether oxygens (including phenoxy) is 1. The second kappa shape index (κ2) is 9.26. The van der Waals surface area contributed by atoms with Crippen molar-refractivity contribution >= 4 is 23.4 Å². The van der Waals surface area contributed by atoms with Gasteiger partial charge < -0.3 is 10.1 Å². The zero-order chi connectivity index (χ0) is 16.5. The Morgan fingerprint density at radius 2 is 1.87 bits per heavy atom. The van der Waals surface area contributed by atoms with Gasteiger partial charge in [-0.05, 0) is 42.7 Å². The SMILES string of the molecule is CCc1ccc(NC(=O)CSCCOc2ccccc2C)cc1. The summed E-state index contributed by atoms with van der Waals surface area (Å²) in [4.78, 5) is 11.9. The molecule has 0 saturated carbocycles. The van der Waals surface area contributed by atoms with Crippen LogP contribution >= 0.6 is 11.8 Å². The molecule has 0 heterocycles. The molecule has 0 fully saturated rings. The molecule has 2 rings (SSSR count). The summed E-state index contributed by atoms with van der Waals surface area (Å²) in [7, 11) is 0. The van der Waals surface area contributed by atoms with E-state index < -0.39 is 0 Å². The van der Waals surface area contributed by atoms with Crippen LogP contribution in [0.1, 0.15) is 18.1 Å². The van der Waals surface area contributed by atoms with Crippen LogP contribution < -0.4 is 10.1 Å². The van der Waals surface area contributed by atoms with Crippen molar-refractivity contribution in [2.45, 2.75) is 20.3 Å². The molecule has 0 aromatic heterocycles. The molecule has 2 aromatic carbocycles. The largest absolute Gasteiger partial charge is 0.492 e. The molecule has 2 aromatic rings. The van der Waals surface area contributed by atoms with E-state index >= 15 is 0 Å². The van der Waals surface area contributed by atoms with Gasteiger partial charge in [-0.2, -0.15) is 0 Å². The third-order valence-electron chi connectivity index (χ3n) is 3.46. The Morgan fingerprint density at radius 3 is 2.57 bits per heavy atom. The van der Waals surface area contributed by atoms with Crippen molar-refractivity contribution in [3.63, 3.8) is 0 Å². The van der Waals surface area contributed by atoms with Gasteiger partial charge in [-0.15, -0.1) is 11.8 Å². The summed E-state index contributed by atoms with van der Waals surface area (Å²) in [5, 5.41) is 2.91. The van der Waals surface area contributed by atoms with Crippen LogP contribution in [0.15, 0.2) is 48.5 Å². The molecule has 23 heavy (non-hydrogen) atoms. The maximum absolute atomic E-state index is 11.9. The van der Waals surface area contributed by atoms with E-state index in [0.29, 0.717) is 12.4 Å². The molecule has 0 aliphatic heterocycles. The predicted molar refractivity (Wildman–Crippen MR) is 98.4 cm³/mol. The van der Waals surface area contributed by atoms with E-state index in [2.05, 4.69) is 12.2 Å². The number of carbonyl (C=O) groups is 1. The molecule has 0 spiro atoms. The van der Waals surface area contributed by atoms with Crippen molar-refractivity contribution < 1.29 is 9.53 Å². The van der Waals surface area contributed by atoms with E-state index in [1.807, 2.05) is 55.5 Å². The number of hydrogen-bond donors (Lipinski definition) is 1. The number of rotatable bonds is 8. The van der Waals surface area contributed by atoms with Gasteiger partial charge in [0, 0.05) is 11.4 Å². The number of amides is 1. The fourth-order valence-corrected chi connectivity index (χ4v) is 2.72. The molecular formula is C19H23NO2S. The second-order valence-electron chi connectivity index (χ2n) is 5.27. The highest BCUT2D eigenvalue weighted by atomic mass is 32.2. The molecular weight excluding hydrogens is 306 g/mol. The number of anilines is 1. The van der Waals surface area contributed by atoms with Gasteiger partial charge >= 0.3 is 0 Å². The van der Waals surface area contributed by atoms with Gasteiger partial charge in [0.1, 0.15) is 5.75 Å². The van der Waals surface area contributed by atoms with Gasteiger partial charge in [0.25, 0.3) is 0 Å². The lowest BCUT2D eigenvalue weighted by Crippen LogP contribution is -2.15. The lowest BCUT2D eigenvalue weighted by Gasteiger charge is -2.09. The van der Waals surface area contributed by atoms with E-state index in [1.54, 1.807) is 11.8 Å². The van der Waals surface area contributed by atoms with E-state index in [4.69, 9.17) is 4.74 Å². The minimum absolute atomic E-state index is 0.0233. The highest BCUT2D eigenvalue weighted by Crippen LogP contribution is 2.16. The molecule has 0 atom stereocenters. The molecule has 1 amide bonds. The summed E-state index contributed by atoms with van der Waals surface area (Å²) in [6.45, 7) is 4.75. The Kier molecular flexibility index (Phi) is 7.01. The van der Waals surface area contributed by atoms with Crippen LogP contribution in [0.25, 0.3) is 0 Å². The third kappa shape index (κ3) is 5.99. The first-order valence-corrected chi connectivity index (χ1v) is 8.99. The van der Waals surface area contributed by atoms with Gasteiger partial charge in [0.05, 0.1) is 12.4 Å². The van der Waals surface area contributed by atoms with Gasteiger partial charge in [0.2, 0.25) is 5.91 Å². The topological polar surface area (TPSA) is 38.3 Å². The summed E-state index contributed by atoms with van der Waals surface area (Å²) in [5.41, 5.74) is 3.25. The second-order valence-corrected chi connectivity index (χ2v) is 6.37. The number of nitrogens with one attached hydrogen (secondary N) is 1. The lowest BCUT2D eigenvalue weighted by atomic mass is 10.1. The molecule has 0 unspecified atom stereocenters. The Balaban J connectivity index is 1.64. The van der Waals surface area contributed by atoms with Gasteiger partial charge in [-0.3, -0.25) is 4.79 Å². The minimum Gasteiger partial charge on any atom is -0.492 e. The van der Waals surface area contributed by atoms with E-state index in [1.165, 1.54) is 5.56 Å². The molecule has 0 radical (unpaired) electrons. The fourth-order valence-electron chi connectivity index (χ4n) is 2.11. The van der Waals surface area contributed by atoms with Crippen molar-refractivity contribution in [1.29, 1.82) is 0 Å². The number of benzene rings is 2. The van der Waals surface area contributed by atoms with Gasteiger partial charge in [-0.25, -0.2) is 0 Å². The Labute approximate surface area is 142 Å². The maximum Gasteiger partial charge on any atom is 0.234 e. The lowest BCUT2D eigenvalue weighted by molar-refractivity contribution is -0.113. The average molecular weight is 329 g/mol. The Morgan fingerprint density at radius 1 is 1.13 bits per heavy atom. The van der Waals surface area contributed by atoms with Crippen molar-refractivity contribution in [3.05, 3.63) is 59.7 Å².